The largest absolute Gasteiger partial charge is 0.386 e. The van der Waals surface area contributed by atoms with Crippen molar-refractivity contribution in [3.05, 3.63) is 47.8 Å². The summed E-state index contributed by atoms with van der Waals surface area (Å²) >= 11 is 0. The fourth-order valence-electron chi connectivity index (χ4n) is 2.34. The summed E-state index contributed by atoms with van der Waals surface area (Å²) in [4.78, 5) is 23.2. The first-order chi connectivity index (χ1) is 8.75. The van der Waals surface area contributed by atoms with E-state index in [0.717, 1.165) is 10.8 Å². The maximum atomic E-state index is 11.7. The predicted molar refractivity (Wildman–Crippen MR) is 62.4 cm³/mol. The van der Waals surface area contributed by atoms with E-state index in [9.17, 15) is 9.59 Å². The van der Waals surface area contributed by atoms with Crippen LogP contribution in [-0.2, 0) is 4.74 Å². The molecule has 1 aliphatic rings. The summed E-state index contributed by atoms with van der Waals surface area (Å²) in [5.74, 6) is -1.21. The lowest BCUT2D eigenvalue weighted by Gasteiger charge is -2.01. The summed E-state index contributed by atoms with van der Waals surface area (Å²) < 4.78 is 6.16. The van der Waals surface area contributed by atoms with Crippen LogP contribution >= 0.6 is 0 Å². The summed E-state index contributed by atoms with van der Waals surface area (Å²) in [5.41, 5.74) is 1.21. The molecule has 0 unspecified atom stereocenters. The van der Waals surface area contributed by atoms with E-state index in [0.29, 0.717) is 11.1 Å². The molecule has 0 N–H and O–H groups in total. The van der Waals surface area contributed by atoms with Gasteiger partial charge in [0.15, 0.2) is 0 Å². The molecule has 2 aromatic heterocycles. The van der Waals surface area contributed by atoms with Crippen molar-refractivity contribution in [2.24, 2.45) is 0 Å². The Morgan fingerprint density at radius 1 is 1.11 bits per heavy atom. The van der Waals surface area contributed by atoms with Crippen LogP contribution in [0.5, 0.6) is 0 Å². The Morgan fingerprint density at radius 2 is 1.94 bits per heavy atom. The number of rotatable bonds is 0. The van der Waals surface area contributed by atoms with Crippen molar-refractivity contribution >= 4 is 28.2 Å². The standard InChI is InChI=1S/C13H6N2O3/c16-12-9-6-15-11(10(9)13(17)18-12)8-4-2-1-3-7(8)5-14-15/h1-6H. The molecule has 0 radical (unpaired) electrons. The first-order valence-corrected chi connectivity index (χ1v) is 5.41. The molecule has 86 valence electrons. The Hall–Kier alpha value is -2.69. The van der Waals surface area contributed by atoms with Crippen molar-refractivity contribution in [3.63, 3.8) is 0 Å². The van der Waals surface area contributed by atoms with Crippen molar-refractivity contribution in [2.75, 3.05) is 0 Å². The Kier molecular flexibility index (Phi) is 1.53. The van der Waals surface area contributed by atoms with Gasteiger partial charge in [-0.2, -0.15) is 5.10 Å². The minimum Gasteiger partial charge on any atom is -0.386 e. The van der Waals surface area contributed by atoms with Crippen molar-refractivity contribution < 1.29 is 14.3 Å². The quantitative estimate of drug-likeness (QED) is 0.442. The van der Waals surface area contributed by atoms with Crippen LogP contribution in [0.3, 0.4) is 0 Å². The first kappa shape index (κ1) is 9.35. The third-order valence-corrected chi connectivity index (χ3v) is 3.13. The van der Waals surface area contributed by atoms with Gasteiger partial charge in [-0.3, -0.25) is 0 Å². The zero-order chi connectivity index (χ0) is 12.3. The topological polar surface area (TPSA) is 60.7 Å². The highest BCUT2D eigenvalue weighted by Crippen LogP contribution is 2.30. The summed E-state index contributed by atoms with van der Waals surface area (Å²) in [6, 6.07) is 7.57. The van der Waals surface area contributed by atoms with E-state index in [1.807, 2.05) is 24.3 Å². The summed E-state index contributed by atoms with van der Waals surface area (Å²) in [5, 5.41) is 5.99. The van der Waals surface area contributed by atoms with Gasteiger partial charge in [0, 0.05) is 17.0 Å². The van der Waals surface area contributed by atoms with Crippen LogP contribution in [0.4, 0.5) is 0 Å². The molecule has 0 spiro atoms. The maximum Gasteiger partial charge on any atom is 0.349 e. The van der Waals surface area contributed by atoms with E-state index in [2.05, 4.69) is 9.84 Å². The number of carbonyl (C=O) groups excluding carboxylic acids is 2. The predicted octanol–water partition coefficient (Wildman–Crippen LogP) is 1.80. The van der Waals surface area contributed by atoms with E-state index in [4.69, 9.17) is 0 Å². The normalized spacial score (nSPS) is 14.2. The van der Waals surface area contributed by atoms with Crippen LogP contribution < -0.4 is 0 Å². The van der Waals surface area contributed by atoms with Gasteiger partial charge < -0.3 is 4.74 Å². The molecule has 0 saturated carbocycles. The summed E-state index contributed by atoms with van der Waals surface area (Å²) in [6.45, 7) is 0. The van der Waals surface area contributed by atoms with Crippen molar-refractivity contribution in [1.29, 1.82) is 0 Å². The molecule has 3 heterocycles. The van der Waals surface area contributed by atoms with Crippen LogP contribution in [0.2, 0.25) is 0 Å². The van der Waals surface area contributed by atoms with E-state index in [-0.39, 0.29) is 5.56 Å². The number of esters is 2. The van der Waals surface area contributed by atoms with Gasteiger partial charge in [-0.15, -0.1) is 0 Å². The number of cyclic esters (lactones) is 2. The van der Waals surface area contributed by atoms with Crippen LogP contribution in [0.15, 0.2) is 36.7 Å². The molecule has 3 aromatic rings. The Labute approximate surface area is 101 Å². The molecular weight excluding hydrogens is 232 g/mol. The van der Waals surface area contributed by atoms with Crippen LogP contribution in [0, 0.1) is 0 Å². The summed E-state index contributed by atoms with van der Waals surface area (Å²) in [6.07, 6.45) is 3.23. The number of carbonyl (C=O) groups is 2. The highest BCUT2D eigenvalue weighted by Gasteiger charge is 2.34. The molecule has 0 aliphatic carbocycles. The molecule has 0 saturated heterocycles. The second-order valence-corrected chi connectivity index (χ2v) is 4.12. The fourth-order valence-corrected chi connectivity index (χ4v) is 2.34. The van der Waals surface area contributed by atoms with Gasteiger partial charge in [-0.1, -0.05) is 24.3 Å². The van der Waals surface area contributed by atoms with Crippen LogP contribution in [-0.4, -0.2) is 21.6 Å². The van der Waals surface area contributed by atoms with Gasteiger partial charge in [0.2, 0.25) is 0 Å². The number of hydrogen-bond acceptors (Lipinski definition) is 4. The lowest BCUT2D eigenvalue weighted by molar-refractivity contribution is 0.0443. The van der Waals surface area contributed by atoms with E-state index < -0.39 is 11.9 Å². The van der Waals surface area contributed by atoms with Gasteiger partial charge in [-0.05, 0) is 0 Å². The van der Waals surface area contributed by atoms with E-state index in [1.165, 1.54) is 6.20 Å². The molecule has 0 atom stereocenters. The number of nitrogens with zero attached hydrogens (tertiary/aromatic N) is 2. The highest BCUT2D eigenvalue weighted by atomic mass is 16.6. The zero-order valence-electron chi connectivity index (χ0n) is 9.08. The molecule has 5 nitrogen and oxygen atoms in total. The third-order valence-electron chi connectivity index (χ3n) is 3.13. The molecular formula is C13H6N2O3. The Morgan fingerprint density at radius 3 is 2.83 bits per heavy atom. The van der Waals surface area contributed by atoms with E-state index in [1.54, 1.807) is 10.7 Å². The summed E-state index contributed by atoms with van der Waals surface area (Å²) in [7, 11) is 0. The molecule has 1 aliphatic heterocycles. The molecule has 5 heteroatoms. The number of ether oxygens (including phenoxy) is 1. The molecule has 0 bridgehead atoms. The van der Waals surface area contributed by atoms with Crippen LogP contribution in [0.25, 0.3) is 16.3 Å². The monoisotopic (exact) mass is 238 g/mol. The highest BCUT2D eigenvalue weighted by molar-refractivity contribution is 6.21. The van der Waals surface area contributed by atoms with Gasteiger partial charge in [0.05, 0.1) is 17.3 Å². The molecule has 0 amide bonds. The molecule has 1 aromatic carbocycles. The fraction of sp³-hybridized carbons (Fsp3) is 0. The number of fused-ring (bicyclic) bond motifs is 5. The SMILES string of the molecule is O=C1OC(=O)c2c1cn1ncc3ccccc3c21. The lowest BCUT2D eigenvalue weighted by Crippen LogP contribution is -2.01. The molecule has 0 fully saturated rings. The van der Waals surface area contributed by atoms with Gasteiger partial charge in [0.25, 0.3) is 0 Å². The Balaban J connectivity index is 2.29. The maximum absolute atomic E-state index is 11.7. The number of benzene rings is 1. The van der Waals surface area contributed by atoms with Gasteiger partial charge in [0.1, 0.15) is 5.56 Å². The minimum absolute atomic E-state index is 0.281. The van der Waals surface area contributed by atoms with E-state index >= 15 is 0 Å². The second-order valence-electron chi connectivity index (χ2n) is 4.12. The number of hydrogen-bond donors (Lipinski definition) is 0. The minimum atomic E-state index is -0.607. The van der Waals surface area contributed by atoms with Crippen molar-refractivity contribution in [1.82, 2.24) is 9.61 Å². The molecule has 4 rings (SSSR count). The molecule has 18 heavy (non-hydrogen) atoms. The van der Waals surface area contributed by atoms with Crippen molar-refractivity contribution in [3.8, 4) is 0 Å². The first-order valence-electron chi connectivity index (χ1n) is 5.41. The average Bonchev–Trinajstić information content (AvgIpc) is 2.89. The smallest absolute Gasteiger partial charge is 0.349 e. The Bertz CT molecular complexity index is 848. The van der Waals surface area contributed by atoms with Gasteiger partial charge >= 0.3 is 11.9 Å². The van der Waals surface area contributed by atoms with Crippen LogP contribution in [0.1, 0.15) is 20.7 Å². The number of aromatic nitrogens is 2. The average molecular weight is 238 g/mol. The van der Waals surface area contributed by atoms with Gasteiger partial charge in [-0.25, -0.2) is 14.1 Å². The second kappa shape index (κ2) is 2.95. The lowest BCUT2D eigenvalue weighted by atomic mass is 10.1. The van der Waals surface area contributed by atoms with Crippen molar-refractivity contribution in [2.45, 2.75) is 0 Å². The zero-order valence-corrected chi connectivity index (χ0v) is 9.08. The third kappa shape index (κ3) is 0.982.